The first-order valence-electron chi connectivity index (χ1n) is 5.08. The molecule has 0 aromatic heterocycles. The fourth-order valence-electron chi connectivity index (χ4n) is 0.848. The van der Waals surface area contributed by atoms with Crippen molar-refractivity contribution in [1.29, 1.82) is 0 Å². The van der Waals surface area contributed by atoms with Crippen LogP contribution in [-0.4, -0.2) is 39.3 Å². The van der Waals surface area contributed by atoms with Crippen molar-refractivity contribution in [3.05, 3.63) is 0 Å². The lowest BCUT2D eigenvalue weighted by atomic mass is 10.1. The van der Waals surface area contributed by atoms with Gasteiger partial charge in [0.2, 0.25) is 0 Å². The van der Waals surface area contributed by atoms with Crippen LogP contribution in [-0.2, 0) is 4.74 Å². The summed E-state index contributed by atoms with van der Waals surface area (Å²) in [6, 6.07) is 0.420. The van der Waals surface area contributed by atoms with Gasteiger partial charge in [-0.15, -0.1) is 0 Å². The van der Waals surface area contributed by atoms with Crippen LogP contribution in [0.3, 0.4) is 0 Å². The number of methoxy groups -OCH3 is 1. The van der Waals surface area contributed by atoms with Crippen LogP contribution in [0.25, 0.3) is 0 Å². The number of nitrogens with zero attached hydrogens (tertiary/aromatic N) is 1. The van der Waals surface area contributed by atoms with E-state index in [0.29, 0.717) is 18.6 Å². The van der Waals surface area contributed by atoms with Gasteiger partial charge in [0.15, 0.2) is 5.96 Å². The summed E-state index contributed by atoms with van der Waals surface area (Å²) in [5.41, 5.74) is 0. The van der Waals surface area contributed by atoms with Gasteiger partial charge >= 0.3 is 0 Å². The molecule has 0 amide bonds. The van der Waals surface area contributed by atoms with Gasteiger partial charge < -0.3 is 15.4 Å². The van der Waals surface area contributed by atoms with Crippen molar-refractivity contribution in [2.45, 2.75) is 26.8 Å². The van der Waals surface area contributed by atoms with Crippen molar-refractivity contribution in [2.75, 3.05) is 27.3 Å². The molecule has 0 fully saturated rings. The Kier molecular flexibility index (Phi) is 7.20. The molecule has 0 aromatic carbocycles. The Morgan fingerprint density at radius 3 is 2.43 bits per heavy atom. The van der Waals surface area contributed by atoms with Gasteiger partial charge in [0.25, 0.3) is 0 Å². The van der Waals surface area contributed by atoms with Gasteiger partial charge in [-0.1, -0.05) is 13.8 Å². The third-order valence-electron chi connectivity index (χ3n) is 2.19. The SMILES string of the molecule is CN=C(NCCOC)NC(C)C(C)C. The summed E-state index contributed by atoms with van der Waals surface area (Å²) in [6.45, 7) is 7.98. The highest BCUT2D eigenvalue weighted by molar-refractivity contribution is 5.79. The summed E-state index contributed by atoms with van der Waals surface area (Å²) < 4.78 is 4.94. The lowest BCUT2D eigenvalue weighted by Crippen LogP contribution is -2.45. The Morgan fingerprint density at radius 1 is 1.36 bits per heavy atom. The molecule has 0 aliphatic rings. The zero-order chi connectivity index (χ0) is 11.0. The molecule has 0 spiro atoms. The average molecular weight is 201 g/mol. The molecule has 0 rings (SSSR count). The molecular weight excluding hydrogens is 178 g/mol. The maximum Gasteiger partial charge on any atom is 0.191 e. The zero-order valence-electron chi connectivity index (χ0n) is 9.92. The van der Waals surface area contributed by atoms with E-state index in [2.05, 4.69) is 36.4 Å². The van der Waals surface area contributed by atoms with E-state index < -0.39 is 0 Å². The van der Waals surface area contributed by atoms with Crippen LogP contribution in [0.15, 0.2) is 4.99 Å². The average Bonchev–Trinajstić information content (AvgIpc) is 2.16. The van der Waals surface area contributed by atoms with Crippen molar-refractivity contribution in [3.63, 3.8) is 0 Å². The highest BCUT2D eigenvalue weighted by Gasteiger charge is 2.07. The van der Waals surface area contributed by atoms with Crippen LogP contribution in [0.5, 0.6) is 0 Å². The van der Waals surface area contributed by atoms with E-state index in [4.69, 9.17) is 4.74 Å². The Labute approximate surface area is 87.1 Å². The summed E-state index contributed by atoms with van der Waals surface area (Å²) in [5, 5.41) is 6.48. The minimum absolute atomic E-state index is 0.420. The first-order valence-corrected chi connectivity index (χ1v) is 5.08. The summed E-state index contributed by atoms with van der Waals surface area (Å²) in [5.74, 6) is 1.43. The van der Waals surface area contributed by atoms with E-state index in [1.165, 1.54) is 0 Å². The second-order valence-electron chi connectivity index (χ2n) is 3.67. The molecule has 0 saturated heterocycles. The first kappa shape index (κ1) is 13.2. The van der Waals surface area contributed by atoms with E-state index >= 15 is 0 Å². The van der Waals surface area contributed by atoms with Gasteiger partial charge in [0.05, 0.1) is 6.61 Å². The molecule has 0 radical (unpaired) electrons. The van der Waals surface area contributed by atoms with E-state index in [1.807, 2.05) is 0 Å². The van der Waals surface area contributed by atoms with Crippen LogP contribution in [0, 0.1) is 5.92 Å². The van der Waals surface area contributed by atoms with E-state index in [-0.39, 0.29) is 0 Å². The van der Waals surface area contributed by atoms with Crippen LogP contribution in [0.4, 0.5) is 0 Å². The maximum atomic E-state index is 4.94. The normalized spacial score (nSPS) is 14.3. The molecule has 0 aromatic rings. The summed E-state index contributed by atoms with van der Waals surface area (Å²) >= 11 is 0. The standard InChI is InChI=1S/C10H23N3O/c1-8(2)9(3)13-10(11-4)12-6-7-14-5/h8-9H,6-7H2,1-5H3,(H2,11,12,13). The van der Waals surface area contributed by atoms with Crippen LogP contribution >= 0.6 is 0 Å². The van der Waals surface area contributed by atoms with Crippen LogP contribution in [0.2, 0.25) is 0 Å². The molecule has 2 N–H and O–H groups in total. The van der Waals surface area contributed by atoms with Gasteiger partial charge in [0.1, 0.15) is 0 Å². The highest BCUT2D eigenvalue weighted by atomic mass is 16.5. The van der Waals surface area contributed by atoms with Gasteiger partial charge in [-0.2, -0.15) is 0 Å². The Bertz CT molecular complexity index is 169. The summed E-state index contributed by atoms with van der Waals surface area (Å²) in [7, 11) is 3.46. The third-order valence-corrected chi connectivity index (χ3v) is 2.19. The second-order valence-corrected chi connectivity index (χ2v) is 3.67. The Morgan fingerprint density at radius 2 is 2.00 bits per heavy atom. The molecule has 0 aliphatic heterocycles. The van der Waals surface area contributed by atoms with Crippen LogP contribution < -0.4 is 10.6 Å². The zero-order valence-corrected chi connectivity index (χ0v) is 9.92. The number of aliphatic imine (C=N–C) groups is 1. The largest absolute Gasteiger partial charge is 0.383 e. The van der Waals surface area contributed by atoms with Crippen molar-refractivity contribution < 1.29 is 4.74 Å². The predicted molar refractivity (Wildman–Crippen MR) is 60.7 cm³/mol. The number of guanidine groups is 1. The molecule has 4 nitrogen and oxygen atoms in total. The lowest BCUT2D eigenvalue weighted by Gasteiger charge is -2.20. The van der Waals surface area contributed by atoms with Crippen molar-refractivity contribution in [1.82, 2.24) is 10.6 Å². The molecule has 0 saturated carbocycles. The first-order chi connectivity index (χ1) is 6.61. The van der Waals surface area contributed by atoms with E-state index in [0.717, 1.165) is 12.5 Å². The monoisotopic (exact) mass is 201 g/mol. The van der Waals surface area contributed by atoms with Gasteiger partial charge in [-0.3, -0.25) is 4.99 Å². The van der Waals surface area contributed by atoms with Gasteiger partial charge in [-0.05, 0) is 12.8 Å². The molecule has 0 aliphatic carbocycles. The smallest absolute Gasteiger partial charge is 0.191 e. The minimum atomic E-state index is 0.420. The van der Waals surface area contributed by atoms with Gasteiger partial charge in [-0.25, -0.2) is 0 Å². The fourth-order valence-corrected chi connectivity index (χ4v) is 0.848. The van der Waals surface area contributed by atoms with Crippen LogP contribution in [0.1, 0.15) is 20.8 Å². The predicted octanol–water partition coefficient (Wildman–Crippen LogP) is 0.842. The molecule has 1 unspecified atom stereocenters. The quantitative estimate of drug-likeness (QED) is 0.394. The topological polar surface area (TPSA) is 45.7 Å². The van der Waals surface area contributed by atoms with E-state index in [1.54, 1.807) is 14.2 Å². The highest BCUT2D eigenvalue weighted by Crippen LogP contribution is 1.98. The molecule has 1 atom stereocenters. The maximum absolute atomic E-state index is 4.94. The Balaban J connectivity index is 3.80. The number of hydrogen-bond donors (Lipinski definition) is 2. The Hall–Kier alpha value is -0.770. The minimum Gasteiger partial charge on any atom is -0.383 e. The number of nitrogens with one attached hydrogen (secondary N) is 2. The number of hydrogen-bond acceptors (Lipinski definition) is 2. The molecular formula is C10H23N3O. The number of rotatable bonds is 5. The third kappa shape index (κ3) is 5.80. The van der Waals surface area contributed by atoms with Gasteiger partial charge in [0, 0.05) is 26.7 Å². The summed E-state index contributed by atoms with van der Waals surface area (Å²) in [4.78, 5) is 4.12. The van der Waals surface area contributed by atoms with Crippen molar-refractivity contribution >= 4 is 5.96 Å². The molecule has 0 bridgehead atoms. The molecule has 14 heavy (non-hydrogen) atoms. The molecule has 4 heteroatoms. The van der Waals surface area contributed by atoms with Crippen molar-refractivity contribution in [3.8, 4) is 0 Å². The van der Waals surface area contributed by atoms with E-state index in [9.17, 15) is 0 Å². The summed E-state index contributed by atoms with van der Waals surface area (Å²) in [6.07, 6.45) is 0. The fraction of sp³-hybridized carbons (Fsp3) is 0.900. The van der Waals surface area contributed by atoms with Crippen molar-refractivity contribution in [2.24, 2.45) is 10.9 Å². The molecule has 0 heterocycles. The lowest BCUT2D eigenvalue weighted by molar-refractivity contribution is 0.203. The second kappa shape index (κ2) is 7.62. The molecule has 84 valence electrons. The number of ether oxygens (including phenoxy) is 1.